The summed E-state index contributed by atoms with van der Waals surface area (Å²) in [6, 6.07) is 15.0. The highest BCUT2D eigenvalue weighted by atomic mass is 16.5. The van der Waals surface area contributed by atoms with Crippen molar-refractivity contribution in [3.8, 4) is 12.1 Å². The van der Waals surface area contributed by atoms with E-state index in [9.17, 15) is 9.59 Å². The second-order valence-electron chi connectivity index (χ2n) is 6.42. The van der Waals surface area contributed by atoms with Crippen LogP contribution in [0.1, 0.15) is 38.8 Å². The Morgan fingerprint density at radius 2 is 1.73 bits per heavy atom. The number of aryl methyl sites for hydroxylation is 1. The van der Waals surface area contributed by atoms with Crippen LogP contribution in [0.25, 0.3) is 6.08 Å². The van der Waals surface area contributed by atoms with Gasteiger partial charge in [-0.1, -0.05) is 6.07 Å². The van der Waals surface area contributed by atoms with Gasteiger partial charge < -0.3 is 14.7 Å². The predicted octanol–water partition coefficient (Wildman–Crippen LogP) is 3.81. The molecule has 0 saturated carbocycles. The molecular weight excluding hydrogens is 382 g/mol. The number of anilines is 1. The van der Waals surface area contributed by atoms with Gasteiger partial charge in [0.1, 0.15) is 24.3 Å². The van der Waals surface area contributed by atoms with E-state index in [0.717, 1.165) is 16.8 Å². The molecule has 0 spiro atoms. The number of esters is 1. The molecule has 0 unspecified atom stereocenters. The number of nitrogens with zero attached hydrogens (tertiary/aromatic N) is 3. The number of nitriles is 2. The fraction of sp³-hybridized carbons (Fsp3) is 0.217. The van der Waals surface area contributed by atoms with Crippen molar-refractivity contribution in [2.45, 2.75) is 13.8 Å². The Hall–Kier alpha value is -4.10. The average Bonchev–Trinajstić information content (AvgIpc) is 2.76. The first-order chi connectivity index (χ1) is 14.4. The Morgan fingerprint density at radius 3 is 2.27 bits per heavy atom. The molecule has 0 aliphatic heterocycles. The summed E-state index contributed by atoms with van der Waals surface area (Å²) >= 11 is 0. The van der Waals surface area contributed by atoms with Gasteiger partial charge >= 0.3 is 11.9 Å². The van der Waals surface area contributed by atoms with Gasteiger partial charge in [0.05, 0.1) is 17.7 Å². The Bertz CT molecular complexity index is 1030. The molecule has 0 bridgehead atoms. The molecule has 0 aliphatic rings. The SMILES string of the molecule is CCN(CCOC(=O)c1ccc(C(=O)O)cc1)c1ccc(C=C(C#N)C#N)c(C)c1. The molecule has 30 heavy (non-hydrogen) atoms. The van der Waals surface area contributed by atoms with E-state index in [1.165, 1.54) is 24.3 Å². The molecular formula is C23H21N3O4. The molecule has 0 heterocycles. The van der Waals surface area contributed by atoms with Crippen molar-refractivity contribution in [2.75, 3.05) is 24.6 Å². The highest BCUT2D eigenvalue weighted by Crippen LogP contribution is 2.21. The zero-order chi connectivity index (χ0) is 22.1. The average molecular weight is 403 g/mol. The molecule has 7 nitrogen and oxygen atoms in total. The Labute approximate surface area is 175 Å². The molecule has 2 aromatic rings. The maximum atomic E-state index is 12.1. The first kappa shape index (κ1) is 22.2. The van der Waals surface area contributed by atoms with Crippen LogP contribution >= 0.6 is 0 Å². The number of ether oxygens (including phenoxy) is 1. The Kier molecular flexibility index (Phi) is 7.73. The van der Waals surface area contributed by atoms with Crippen molar-refractivity contribution in [2.24, 2.45) is 0 Å². The van der Waals surface area contributed by atoms with Gasteiger partial charge in [-0.05, 0) is 67.4 Å². The summed E-state index contributed by atoms with van der Waals surface area (Å²) in [6.07, 6.45) is 1.55. The number of aromatic carboxylic acids is 1. The number of allylic oxidation sites excluding steroid dienone is 1. The fourth-order valence-corrected chi connectivity index (χ4v) is 2.81. The second-order valence-corrected chi connectivity index (χ2v) is 6.42. The number of rotatable bonds is 8. The maximum absolute atomic E-state index is 12.1. The van der Waals surface area contributed by atoms with Gasteiger partial charge in [0.25, 0.3) is 0 Å². The van der Waals surface area contributed by atoms with Crippen molar-refractivity contribution in [1.82, 2.24) is 0 Å². The summed E-state index contributed by atoms with van der Waals surface area (Å²) in [6.45, 7) is 5.23. The molecule has 0 saturated heterocycles. The number of hydrogen-bond acceptors (Lipinski definition) is 6. The van der Waals surface area contributed by atoms with E-state index in [1.807, 2.05) is 49.1 Å². The van der Waals surface area contributed by atoms with E-state index in [-0.39, 0.29) is 17.7 Å². The van der Waals surface area contributed by atoms with Crippen LogP contribution in [0, 0.1) is 29.6 Å². The zero-order valence-electron chi connectivity index (χ0n) is 16.8. The third-order valence-electron chi connectivity index (χ3n) is 4.50. The number of likely N-dealkylation sites (N-methyl/N-ethyl adjacent to an activating group) is 1. The van der Waals surface area contributed by atoms with Gasteiger partial charge in [-0.25, -0.2) is 9.59 Å². The molecule has 0 amide bonds. The smallest absolute Gasteiger partial charge is 0.338 e. The van der Waals surface area contributed by atoms with Crippen LogP contribution in [0.2, 0.25) is 0 Å². The van der Waals surface area contributed by atoms with E-state index in [1.54, 1.807) is 6.08 Å². The van der Waals surface area contributed by atoms with Crippen molar-refractivity contribution < 1.29 is 19.4 Å². The van der Waals surface area contributed by atoms with Gasteiger partial charge in [0.2, 0.25) is 0 Å². The van der Waals surface area contributed by atoms with Crippen molar-refractivity contribution >= 4 is 23.7 Å². The van der Waals surface area contributed by atoms with E-state index in [4.69, 9.17) is 20.4 Å². The topological polar surface area (TPSA) is 114 Å². The van der Waals surface area contributed by atoms with Crippen LogP contribution in [0.15, 0.2) is 48.0 Å². The summed E-state index contributed by atoms with van der Waals surface area (Å²) in [5, 5.41) is 26.7. The minimum Gasteiger partial charge on any atom is -0.478 e. The molecule has 1 N–H and O–H groups in total. The third kappa shape index (κ3) is 5.70. The van der Waals surface area contributed by atoms with E-state index in [0.29, 0.717) is 18.7 Å². The lowest BCUT2D eigenvalue weighted by molar-refractivity contribution is 0.0514. The maximum Gasteiger partial charge on any atom is 0.338 e. The lowest BCUT2D eigenvalue weighted by Gasteiger charge is -2.23. The molecule has 152 valence electrons. The summed E-state index contributed by atoms with van der Waals surface area (Å²) in [7, 11) is 0. The number of carbonyl (C=O) groups excluding carboxylic acids is 1. The van der Waals surface area contributed by atoms with Gasteiger partial charge in [-0.15, -0.1) is 0 Å². The molecule has 2 rings (SSSR count). The quantitative estimate of drug-likeness (QED) is 0.526. The lowest BCUT2D eigenvalue weighted by Crippen LogP contribution is -2.28. The van der Waals surface area contributed by atoms with Gasteiger partial charge in [0, 0.05) is 12.2 Å². The number of benzene rings is 2. The minimum absolute atomic E-state index is 0.0431. The molecule has 0 fully saturated rings. The van der Waals surface area contributed by atoms with Crippen molar-refractivity contribution in [3.05, 3.63) is 70.3 Å². The largest absolute Gasteiger partial charge is 0.478 e. The number of carbonyl (C=O) groups is 2. The predicted molar refractivity (Wildman–Crippen MR) is 112 cm³/mol. The summed E-state index contributed by atoms with van der Waals surface area (Å²) in [5.74, 6) is -1.57. The van der Waals surface area contributed by atoms with Gasteiger partial charge in [-0.3, -0.25) is 0 Å². The van der Waals surface area contributed by atoms with Gasteiger partial charge in [0.15, 0.2) is 0 Å². The minimum atomic E-state index is -1.05. The summed E-state index contributed by atoms with van der Waals surface area (Å²) in [5.41, 5.74) is 3.09. The van der Waals surface area contributed by atoms with Crippen LogP contribution in [0.3, 0.4) is 0 Å². The first-order valence-corrected chi connectivity index (χ1v) is 9.27. The Balaban J connectivity index is 2.00. The van der Waals surface area contributed by atoms with Crippen molar-refractivity contribution in [3.63, 3.8) is 0 Å². The normalized spacial score (nSPS) is 9.73. The van der Waals surface area contributed by atoms with E-state index < -0.39 is 11.9 Å². The molecule has 0 radical (unpaired) electrons. The highest BCUT2D eigenvalue weighted by Gasteiger charge is 2.11. The number of hydrogen-bond donors (Lipinski definition) is 1. The molecule has 0 aromatic heterocycles. The standard InChI is InChI=1S/C23H21N3O4/c1-3-26(21-9-8-20(16(2)12-21)13-17(14-24)15-25)10-11-30-23(29)19-6-4-18(5-7-19)22(27)28/h4-9,12-13H,3,10-11H2,1-2H3,(H,27,28). The number of carboxylic acid groups (broad SMARTS) is 1. The van der Waals surface area contributed by atoms with Crippen LogP contribution in [0.4, 0.5) is 5.69 Å². The van der Waals surface area contributed by atoms with Crippen LogP contribution in [0.5, 0.6) is 0 Å². The van der Waals surface area contributed by atoms with Crippen LogP contribution < -0.4 is 4.90 Å². The van der Waals surface area contributed by atoms with Crippen LogP contribution in [-0.4, -0.2) is 36.7 Å². The summed E-state index contributed by atoms with van der Waals surface area (Å²) in [4.78, 5) is 25.1. The monoisotopic (exact) mass is 403 g/mol. The fourth-order valence-electron chi connectivity index (χ4n) is 2.81. The van der Waals surface area contributed by atoms with Crippen LogP contribution in [-0.2, 0) is 4.74 Å². The Morgan fingerprint density at radius 1 is 1.10 bits per heavy atom. The van der Waals surface area contributed by atoms with E-state index in [2.05, 4.69) is 0 Å². The first-order valence-electron chi connectivity index (χ1n) is 9.27. The molecule has 0 atom stereocenters. The second kappa shape index (κ2) is 10.4. The molecule has 7 heteroatoms. The number of carboxylic acids is 1. The molecule has 0 aliphatic carbocycles. The highest BCUT2D eigenvalue weighted by molar-refractivity contribution is 5.92. The molecule has 2 aromatic carbocycles. The van der Waals surface area contributed by atoms with Gasteiger partial charge in [-0.2, -0.15) is 10.5 Å². The van der Waals surface area contributed by atoms with Crippen molar-refractivity contribution in [1.29, 1.82) is 10.5 Å². The summed E-state index contributed by atoms with van der Waals surface area (Å²) < 4.78 is 5.31. The third-order valence-corrected chi connectivity index (χ3v) is 4.50. The van der Waals surface area contributed by atoms with E-state index >= 15 is 0 Å². The zero-order valence-corrected chi connectivity index (χ0v) is 16.8. The lowest BCUT2D eigenvalue weighted by atomic mass is 10.0.